The fourth-order valence-corrected chi connectivity index (χ4v) is 2.88. The summed E-state index contributed by atoms with van der Waals surface area (Å²) in [4.78, 5) is 6.71. The Hall–Kier alpha value is -1.30. The third kappa shape index (κ3) is 5.96. The van der Waals surface area contributed by atoms with Crippen LogP contribution >= 0.6 is 11.6 Å². The topological polar surface area (TPSA) is 48.9 Å². The summed E-state index contributed by atoms with van der Waals surface area (Å²) in [5.74, 6) is 0.832. The third-order valence-electron chi connectivity index (χ3n) is 4.35. The quantitative estimate of drug-likeness (QED) is 0.608. The van der Waals surface area contributed by atoms with Crippen LogP contribution in [0, 0.1) is 0 Å². The van der Waals surface area contributed by atoms with Crippen molar-refractivity contribution in [3.05, 3.63) is 34.9 Å². The van der Waals surface area contributed by atoms with Crippen LogP contribution < -0.4 is 10.6 Å². The zero-order chi connectivity index (χ0) is 17.4. The van der Waals surface area contributed by atoms with E-state index >= 15 is 0 Å². The molecule has 0 unspecified atom stereocenters. The molecule has 0 bridgehead atoms. The fraction of sp³-hybridized carbons (Fsp3) is 0.611. The first-order valence-corrected chi connectivity index (χ1v) is 8.90. The van der Waals surface area contributed by atoms with Crippen molar-refractivity contribution in [2.24, 2.45) is 4.99 Å². The Bertz CT molecular complexity index is 542. The molecule has 0 amide bonds. The summed E-state index contributed by atoms with van der Waals surface area (Å²) in [6.45, 7) is 10.7. The van der Waals surface area contributed by atoms with Gasteiger partial charge in [-0.25, -0.2) is 0 Å². The number of halogens is 1. The molecule has 2 rings (SSSR count). The Balaban J connectivity index is 1.77. The lowest BCUT2D eigenvalue weighted by Crippen LogP contribution is -2.46. The van der Waals surface area contributed by atoms with Crippen LogP contribution in [0.2, 0.25) is 5.02 Å². The normalized spacial score (nSPS) is 16.9. The van der Waals surface area contributed by atoms with Crippen LogP contribution in [0.1, 0.15) is 19.4 Å². The molecule has 134 valence electrons. The molecule has 6 heteroatoms. The van der Waals surface area contributed by atoms with Gasteiger partial charge < -0.3 is 15.4 Å². The molecule has 0 spiro atoms. The van der Waals surface area contributed by atoms with Crippen LogP contribution in [0.4, 0.5) is 0 Å². The molecule has 0 aromatic heterocycles. The summed E-state index contributed by atoms with van der Waals surface area (Å²) in [5, 5.41) is 7.57. The molecule has 5 nitrogen and oxygen atoms in total. The molecule has 1 aromatic carbocycles. The zero-order valence-electron chi connectivity index (χ0n) is 14.9. The van der Waals surface area contributed by atoms with E-state index < -0.39 is 0 Å². The molecule has 0 saturated carbocycles. The lowest BCUT2D eigenvalue weighted by atomic mass is 9.84. The summed E-state index contributed by atoms with van der Waals surface area (Å²) in [7, 11) is 1.80. The number of hydrogen-bond donors (Lipinski definition) is 2. The van der Waals surface area contributed by atoms with Crippen LogP contribution in [-0.4, -0.2) is 63.8 Å². The first-order valence-electron chi connectivity index (χ1n) is 8.52. The van der Waals surface area contributed by atoms with Gasteiger partial charge in [0.1, 0.15) is 0 Å². The van der Waals surface area contributed by atoms with E-state index in [2.05, 4.69) is 40.4 Å². The van der Waals surface area contributed by atoms with Crippen molar-refractivity contribution < 1.29 is 4.74 Å². The van der Waals surface area contributed by atoms with Crippen molar-refractivity contribution in [2.45, 2.75) is 19.3 Å². The molecule has 24 heavy (non-hydrogen) atoms. The van der Waals surface area contributed by atoms with Gasteiger partial charge in [-0.3, -0.25) is 9.89 Å². The van der Waals surface area contributed by atoms with E-state index in [-0.39, 0.29) is 5.41 Å². The van der Waals surface area contributed by atoms with E-state index in [1.165, 1.54) is 5.56 Å². The Morgan fingerprint density at radius 1 is 1.29 bits per heavy atom. The van der Waals surface area contributed by atoms with Gasteiger partial charge in [0, 0.05) is 50.2 Å². The molecule has 1 fully saturated rings. The Morgan fingerprint density at radius 2 is 2.04 bits per heavy atom. The van der Waals surface area contributed by atoms with Gasteiger partial charge in [-0.1, -0.05) is 37.6 Å². The van der Waals surface area contributed by atoms with Gasteiger partial charge in [0.15, 0.2) is 5.96 Å². The van der Waals surface area contributed by atoms with Gasteiger partial charge in [0.2, 0.25) is 0 Å². The number of nitrogens with one attached hydrogen (secondary N) is 2. The monoisotopic (exact) mass is 352 g/mol. The predicted molar refractivity (Wildman–Crippen MR) is 101 cm³/mol. The number of benzene rings is 1. The first-order chi connectivity index (χ1) is 11.5. The van der Waals surface area contributed by atoms with Crippen LogP contribution in [-0.2, 0) is 10.2 Å². The highest BCUT2D eigenvalue weighted by molar-refractivity contribution is 6.30. The van der Waals surface area contributed by atoms with Crippen molar-refractivity contribution in [3.63, 3.8) is 0 Å². The maximum absolute atomic E-state index is 6.11. The highest BCUT2D eigenvalue weighted by atomic mass is 35.5. The minimum Gasteiger partial charge on any atom is -0.379 e. The second-order valence-electron chi connectivity index (χ2n) is 6.70. The van der Waals surface area contributed by atoms with E-state index in [0.717, 1.165) is 56.9 Å². The molecular weight excluding hydrogens is 324 g/mol. The van der Waals surface area contributed by atoms with E-state index in [4.69, 9.17) is 16.3 Å². The van der Waals surface area contributed by atoms with Crippen LogP contribution in [0.3, 0.4) is 0 Å². The second-order valence-corrected chi connectivity index (χ2v) is 7.14. The average molecular weight is 353 g/mol. The van der Waals surface area contributed by atoms with E-state index in [1.807, 2.05) is 18.2 Å². The van der Waals surface area contributed by atoms with Gasteiger partial charge in [-0.2, -0.15) is 0 Å². The van der Waals surface area contributed by atoms with E-state index in [0.29, 0.717) is 0 Å². The van der Waals surface area contributed by atoms with Gasteiger partial charge in [0.25, 0.3) is 0 Å². The Morgan fingerprint density at radius 3 is 2.71 bits per heavy atom. The van der Waals surface area contributed by atoms with Crippen LogP contribution in [0.15, 0.2) is 29.3 Å². The zero-order valence-corrected chi connectivity index (χ0v) is 15.7. The van der Waals surface area contributed by atoms with Crippen molar-refractivity contribution in [1.82, 2.24) is 15.5 Å². The molecule has 0 radical (unpaired) electrons. The van der Waals surface area contributed by atoms with E-state index in [1.54, 1.807) is 7.05 Å². The Labute approximate surface area is 150 Å². The molecule has 2 N–H and O–H groups in total. The van der Waals surface area contributed by atoms with Crippen molar-refractivity contribution in [3.8, 4) is 0 Å². The number of hydrogen-bond acceptors (Lipinski definition) is 3. The lowest BCUT2D eigenvalue weighted by molar-refractivity contribution is 0.0389. The van der Waals surface area contributed by atoms with E-state index in [9.17, 15) is 0 Å². The lowest BCUT2D eigenvalue weighted by Gasteiger charge is -2.28. The standard InChI is InChI=1S/C18H29ClN4O/c1-18(2,15-5-4-6-16(19)13-15)14-22-17(20-3)21-7-8-23-9-11-24-12-10-23/h4-6,13H,7-12,14H2,1-3H3,(H2,20,21,22). The molecule has 0 aliphatic carbocycles. The number of morpholine rings is 1. The van der Waals surface area contributed by atoms with Gasteiger partial charge >= 0.3 is 0 Å². The molecule has 1 heterocycles. The SMILES string of the molecule is CN=C(NCCN1CCOCC1)NCC(C)(C)c1cccc(Cl)c1. The highest BCUT2D eigenvalue weighted by Gasteiger charge is 2.21. The minimum atomic E-state index is -0.0350. The Kier molecular flexibility index (Phi) is 7.34. The molecule has 1 aliphatic heterocycles. The number of rotatable bonds is 6. The largest absolute Gasteiger partial charge is 0.379 e. The summed E-state index contributed by atoms with van der Waals surface area (Å²) in [6.07, 6.45) is 0. The highest BCUT2D eigenvalue weighted by Crippen LogP contribution is 2.24. The maximum atomic E-state index is 6.11. The molecular formula is C18H29ClN4O. The summed E-state index contributed by atoms with van der Waals surface area (Å²) in [6, 6.07) is 8.04. The number of aliphatic imine (C=N–C) groups is 1. The molecule has 0 atom stereocenters. The number of ether oxygens (including phenoxy) is 1. The van der Waals surface area contributed by atoms with Crippen LogP contribution in [0.5, 0.6) is 0 Å². The van der Waals surface area contributed by atoms with Gasteiger partial charge in [0.05, 0.1) is 13.2 Å². The van der Waals surface area contributed by atoms with Crippen molar-refractivity contribution in [1.29, 1.82) is 0 Å². The first kappa shape index (κ1) is 19.0. The van der Waals surface area contributed by atoms with Crippen molar-refractivity contribution in [2.75, 3.05) is 53.0 Å². The summed E-state index contributed by atoms with van der Waals surface area (Å²) >= 11 is 6.11. The number of guanidine groups is 1. The van der Waals surface area contributed by atoms with Crippen LogP contribution in [0.25, 0.3) is 0 Å². The van der Waals surface area contributed by atoms with Gasteiger partial charge in [-0.15, -0.1) is 0 Å². The predicted octanol–water partition coefficient (Wildman–Crippen LogP) is 2.11. The van der Waals surface area contributed by atoms with Crippen molar-refractivity contribution >= 4 is 17.6 Å². The fourth-order valence-electron chi connectivity index (χ4n) is 2.69. The summed E-state index contributed by atoms with van der Waals surface area (Å²) < 4.78 is 5.37. The second kappa shape index (κ2) is 9.25. The minimum absolute atomic E-state index is 0.0350. The maximum Gasteiger partial charge on any atom is 0.191 e. The third-order valence-corrected chi connectivity index (χ3v) is 4.59. The smallest absolute Gasteiger partial charge is 0.191 e. The molecule has 1 aliphatic rings. The number of nitrogens with zero attached hydrogens (tertiary/aromatic N) is 2. The average Bonchev–Trinajstić information content (AvgIpc) is 2.59. The van der Waals surface area contributed by atoms with Gasteiger partial charge in [-0.05, 0) is 17.7 Å². The molecule has 1 aromatic rings. The molecule has 1 saturated heterocycles. The summed E-state index contributed by atoms with van der Waals surface area (Å²) in [5.41, 5.74) is 1.18.